The van der Waals surface area contributed by atoms with Crippen LogP contribution in [-0.2, 0) is 4.79 Å². The molecule has 0 spiro atoms. The van der Waals surface area contributed by atoms with Crippen molar-refractivity contribution in [2.75, 3.05) is 0 Å². The lowest BCUT2D eigenvalue weighted by molar-refractivity contribution is -0.134. The molecule has 0 aliphatic rings. The lowest BCUT2D eigenvalue weighted by Crippen LogP contribution is -2.17. The van der Waals surface area contributed by atoms with Gasteiger partial charge in [-0.15, -0.1) is 0 Å². The molecule has 3 N–H and O–H groups in total. The van der Waals surface area contributed by atoms with Gasteiger partial charge in [-0.25, -0.2) is 0 Å². The van der Waals surface area contributed by atoms with Crippen molar-refractivity contribution in [1.82, 2.24) is 0 Å². The number of unbranched alkanes of at least 4 members (excludes halogenated alkanes) is 5. The van der Waals surface area contributed by atoms with E-state index in [0.717, 1.165) is 51.4 Å². The monoisotopic (exact) mass is 604 g/mol. The minimum Gasteiger partial charge on any atom is -0.508 e. The first-order valence-corrected chi connectivity index (χ1v) is 15.4. The molecule has 2 aromatic carbocycles. The second kappa shape index (κ2) is 17.6. The zero-order valence-electron chi connectivity index (χ0n) is 25.9. The second-order valence-electron chi connectivity index (χ2n) is 10.9. The number of phenols is 3. The maximum atomic E-state index is 13.7. The maximum Gasteiger partial charge on any atom is 0.311 e. The van der Waals surface area contributed by atoms with Crippen LogP contribution < -0.4 is 14.9 Å². The van der Waals surface area contributed by atoms with Crippen LogP contribution in [0, 0.1) is 0 Å². The van der Waals surface area contributed by atoms with Gasteiger partial charge in [-0.2, -0.15) is 0 Å². The Labute approximate surface area is 259 Å². The Balaban J connectivity index is 1.62. The average molecular weight is 605 g/mol. The van der Waals surface area contributed by atoms with Crippen molar-refractivity contribution < 1.29 is 34.0 Å². The number of rotatable bonds is 17. The highest BCUT2D eigenvalue weighted by Gasteiger charge is 2.24. The number of hydrogen-bond donors (Lipinski definition) is 3. The Morgan fingerprint density at radius 2 is 1.55 bits per heavy atom. The van der Waals surface area contributed by atoms with E-state index in [1.54, 1.807) is 13.8 Å². The molecule has 3 aromatic rings. The lowest BCUT2D eigenvalue weighted by Gasteiger charge is -2.15. The molecule has 0 aliphatic heterocycles. The molecule has 0 aliphatic carbocycles. The summed E-state index contributed by atoms with van der Waals surface area (Å²) < 4.78 is 17.3. The van der Waals surface area contributed by atoms with Gasteiger partial charge < -0.3 is 29.2 Å². The fourth-order valence-corrected chi connectivity index (χ4v) is 4.60. The van der Waals surface area contributed by atoms with E-state index in [1.807, 2.05) is 0 Å². The van der Waals surface area contributed by atoms with Crippen LogP contribution in [0.3, 0.4) is 0 Å². The SMILES string of the molecule is CC/C=C\C/C=C\C/C=C\CCCCCCCC(=O)Oc1c(-c2ccc(O)c(O)c2)oc2cc(O)cc(OC(C)C)c2c1=O. The highest BCUT2D eigenvalue weighted by Crippen LogP contribution is 2.39. The van der Waals surface area contributed by atoms with Crippen molar-refractivity contribution in [3.63, 3.8) is 0 Å². The second-order valence-corrected chi connectivity index (χ2v) is 10.9. The molecular formula is C36H44O8. The van der Waals surface area contributed by atoms with Gasteiger partial charge >= 0.3 is 5.97 Å². The predicted molar refractivity (Wildman–Crippen MR) is 174 cm³/mol. The molecule has 0 saturated carbocycles. The number of aromatic hydroxyl groups is 3. The average Bonchev–Trinajstić information content (AvgIpc) is 2.97. The number of allylic oxidation sites excluding steroid dienone is 6. The molecule has 3 rings (SSSR count). The van der Waals surface area contributed by atoms with Crippen LogP contribution in [0.5, 0.6) is 28.7 Å². The third-order valence-electron chi connectivity index (χ3n) is 6.75. The van der Waals surface area contributed by atoms with E-state index in [4.69, 9.17) is 13.9 Å². The molecule has 0 unspecified atom stereocenters. The highest BCUT2D eigenvalue weighted by molar-refractivity contribution is 5.90. The third kappa shape index (κ3) is 10.4. The molecule has 0 bridgehead atoms. The number of ether oxygens (including phenoxy) is 2. The number of carbonyl (C=O) groups is 1. The molecule has 1 aromatic heterocycles. The largest absolute Gasteiger partial charge is 0.508 e. The number of esters is 1. The molecule has 0 atom stereocenters. The molecule has 236 valence electrons. The van der Waals surface area contributed by atoms with Crippen molar-refractivity contribution in [2.24, 2.45) is 0 Å². The predicted octanol–water partition coefficient (Wildman–Crippen LogP) is 8.86. The van der Waals surface area contributed by atoms with Crippen LogP contribution in [0.25, 0.3) is 22.3 Å². The van der Waals surface area contributed by atoms with Crippen molar-refractivity contribution in [3.8, 4) is 40.1 Å². The summed E-state index contributed by atoms with van der Waals surface area (Å²) >= 11 is 0. The fraction of sp³-hybridized carbons (Fsp3) is 0.389. The van der Waals surface area contributed by atoms with E-state index in [-0.39, 0.29) is 57.8 Å². The summed E-state index contributed by atoms with van der Waals surface area (Å²) in [5, 5.41) is 30.1. The summed E-state index contributed by atoms with van der Waals surface area (Å²) in [5.74, 6) is -1.96. The minimum absolute atomic E-state index is 0.0131. The Hall–Kier alpha value is -4.46. The Morgan fingerprint density at radius 3 is 2.25 bits per heavy atom. The first kappa shape index (κ1) is 34.0. The third-order valence-corrected chi connectivity index (χ3v) is 6.75. The summed E-state index contributed by atoms with van der Waals surface area (Å²) in [7, 11) is 0. The molecule has 0 radical (unpaired) electrons. The van der Waals surface area contributed by atoms with Gasteiger partial charge in [0.25, 0.3) is 0 Å². The summed E-state index contributed by atoms with van der Waals surface area (Å²) in [6.45, 7) is 5.68. The summed E-state index contributed by atoms with van der Waals surface area (Å²) in [5.41, 5.74) is -0.445. The fourth-order valence-electron chi connectivity index (χ4n) is 4.60. The first-order chi connectivity index (χ1) is 21.2. The van der Waals surface area contributed by atoms with Crippen LogP contribution >= 0.6 is 0 Å². The van der Waals surface area contributed by atoms with Gasteiger partial charge in [0.05, 0.1) is 6.10 Å². The van der Waals surface area contributed by atoms with Crippen molar-refractivity contribution >= 4 is 16.9 Å². The molecule has 44 heavy (non-hydrogen) atoms. The molecule has 0 amide bonds. The van der Waals surface area contributed by atoms with Gasteiger partial charge in [-0.1, -0.05) is 62.6 Å². The molecule has 0 saturated heterocycles. The van der Waals surface area contributed by atoms with Gasteiger partial charge in [0, 0.05) is 24.1 Å². The van der Waals surface area contributed by atoms with Crippen LogP contribution in [0.15, 0.2) is 76.0 Å². The molecule has 0 fully saturated rings. The van der Waals surface area contributed by atoms with E-state index < -0.39 is 17.1 Å². The van der Waals surface area contributed by atoms with Crippen LogP contribution in [0.4, 0.5) is 0 Å². The topological polar surface area (TPSA) is 126 Å². The normalized spacial score (nSPS) is 11.9. The van der Waals surface area contributed by atoms with E-state index in [2.05, 4.69) is 43.4 Å². The van der Waals surface area contributed by atoms with Gasteiger partial charge in [-0.05, 0) is 70.6 Å². The molecular weight excluding hydrogens is 560 g/mol. The van der Waals surface area contributed by atoms with Gasteiger partial charge in [0.2, 0.25) is 11.2 Å². The summed E-state index contributed by atoms with van der Waals surface area (Å²) in [4.78, 5) is 26.6. The van der Waals surface area contributed by atoms with Crippen LogP contribution in [0.1, 0.15) is 85.0 Å². The standard InChI is InChI=1S/C36H44O8/c1-4-5-6-7-8-9-10-11-12-13-14-15-16-17-18-19-32(40)44-36-34(41)33-30(42-25(2)3)23-27(37)24-31(33)43-35(36)26-20-21-28(38)29(39)22-26/h5-6,8-9,11-12,20-25,37-39H,4,7,10,13-19H2,1-3H3/b6-5-,9-8-,12-11-. The highest BCUT2D eigenvalue weighted by atomic mass is 16.5. The Bertz CT molecular complexity index is 1530. The maximum absolute atomic E-state index is 13.7. The van der Waals surface area contributed by atoms with E-state index >= 15 is 0 Å². The number of benzene rings is 2. The summed E-state index contributed by atoms with van der Waals surface area (Å²) in [6.07, 6.45) is 21.5. The van der Waals surface area contributed by atoms with Gasteiger partial charge in [-0.3, -0.25) is 9.59 Å². The molecule has 8 heteroatoms. The van der Waals surface area contributed by atoms with Crippen molar-refractivity contribution in [3.05, 3.63) is 77.0 Å². The quantitative estimate of drug-likeness (QED) is 0.0604. The van der Waals surface area contributed by atoms with E-state index in [9.17, 15) is 24.9 Å². The van der Waals surface area contributed by atoms with E-state index in [1.165, 1.54) is 30.3 Å². The van der Waals surface area contributed by atoms with Crippen LogP contribution in [0.2, 0.25) is 0 Å². The first-order valence-electron chi connectivity index (χ1n) is 15.4. The van der Waals surface area contributed by atoms with Crippen molar-refractivity contribution in [1.29, 1.82) is 0 Å². The summed E-state index contributed by atoms with van der Waals surface area (Å²) in [6, 6.07) is 6.42. The van der Waals surface area contributed by atoms with Crippen molar-refractivity contribution in [2.45, 2.75) is 91.1 Å². The Morgan fingerprint density at radius 1 is 0.864 bits per heavy atom. The van der Waals surface area contributed by atoms with Crippen LogP contribution in [-0.4, -0.2) is 27.4 Å². The molecule has 1 heterocycles. The number of carbonyl (C=O) groups excluding carboxylic acids is 1. The lowest BCUT2D eigenvalue weighted by atomic mass is 10.1. The Kier molecular flexibility index (Phi) is 13.6. The zero-order valence-corrected chi connectivity index (χ0v) is 25.9. The van der Waals surface area contributed by atoms with E-state index in [0.29, 0.717) is 6.42 Å². The number of hydrogen-bond acceptors (Lipinski definition) is 8. The smallest absolute Gasteiger partial charge is 0.311 e. The number of phenolic OH excluding ortho intramolecular Hbond substituents is 3. The van der Waals surface area contributed by atoms with Gasteiger partial charge in [0.1, 0.15) is 22.5 Å². The zero-order chi connectivity index (χ0) is 31.9. The molecule has 8 nitrogen and oxygen atoms in total. The van der Waals surface area contributed by atoms with Gasteiger partial charge in [0.15, 0.2) is 17.3 Å². The number of fused-ring (bicyclic) bond motifs is 1. The minimum atomic E-state index is -0.658.